The van der Waals surface area contributed by atoms with E-state index in [2.05, 4.69) is 31.0 Å². The van der Waals surface area contributed by atoms with Crippen LogP contribution in [-0.4, -0.2) is 17.5 Å². The summed E-state index contributed by atoms with van der Waals surface area (Å²) < 4.78 is 0. The second-order valence-electron chi connectivity index (χ2n) is 2.71. The molecule has 0 saturated carbocycles. The Morgan fingerprint density at radius 2 is 2.33 bits per heavy atom. The molecule has 1 nitrogen and oxygen atoms in total. The van der Waals surface area contributed by atoms with Crippen molar-refractivity contribution in [2.24, 2.45) is 0 Å². The van der Waals surface area contributed by atoms with E-state index in [1.165, 1.54) is 19.4 Å². The first-order chi connectivity index (χ1) is 4.34. The van der Waals surface area contributed by atoms with Crippen LogP contribution in [0.4, 0.5) is 0 Å². The minimum atomic E-state index is 0.779. The summed E-state index contributed by atoms with van der Waals surface area (Å²) in [6.45, 7) is 5.61. The zero-order chi connectivity index (χ0) is 6.69. The molecule has 0 bridgehead atoms. The lowest BCUT2D eigenvalue weighted by atomic mass is 10.2. The predicted molar refractivity (Wildman–Crippen MR) is 40.2 cm³/mol. The van der Waals surface area contributed by atoms with Crippen LogP contribution >= 0.6 is 0 Å². The Morgan fingerprint density at radius 1 is 1.56 bits per heavy atom. The normalized spacial score (nSPS) is 28.2. The Morgan fingerprint density at radius 3 is 2.78 bits per heavy atom. The molecule has 0 N–H and O–H groups in total. The summed E-state index contributed by atoms with van der Waals surface area (Å²) in [7, 11) is 0. The molecule has 1 saturated heterocycles. The predicted octanol–water partition coefficient (Wildman–Crippen LogP) is 2.00. The fourth-order valence-electron chi connectivity index (χ4n) is 1.37. The Bertz CT molecular complexity index is 107. The van der Waals surface area contributed by atoms with Crippen LogP contribution in [0.25, 0.3) is 0 Å². The van der Waals surface area contributed by atoms with Crippen molar-refractivity contribution in [3.63, 3.8) is 0 Å². The molecule has 1 heterocycles. The first-order valence-corrected chi connectivity index (χ1v) is 3.73. The third-order valence-electron chi connectivity index (χ3n) is 1.94. The van der Waals surface area contributed by atoms with Gasteiger partial charge in [-0.25, -0.2) is 0 Å². The van der Waals surface area contributed by atoms with E-state index in [4.69, 9.17) is 0 Å². The Balaban J connectivity index is 2.39. The molecular formula is C8H15N. The quantitative estimate of drug-likeness (QED) is 0.518. The van der Waals surface area contributed by atoms with Crippen molar-refractivity contribution in [2.45, 2.75) is 32.7 Å². The summed E-state index contributed by atoms with van der Waals surface area (Å²) in [5, 5.41) is 0. The lowest BCUT2D eigenvalue weighted by Crippen LogP contribution is -2.19. The van der Waals surface area contributed by atoms with E-state index in [0.717, 1.165) is 6.04 Å². The number of likely N-dealkylation sites (tertiary alicyclic amines) is 1. The zero-order valence-corrected chi connectivity index (χ0v) is 6.30. The standard InChI is InChI=1S/C8H15N/c1-3-6-9-7-4-5-8(9)2/h3,6,8H,4-5,7H2,1-2H3/b6-3+/t8-/m1/s1. The largest absolute Gasteiger partial charge is 0.375 e. The van der Waals surface area contributed by atoms with Crippen LogP contribution in [-0.2, 0) is 0 Å². The lowest BCUT2D eigenvalue weighted by Gasteiger charge is -2.17. The molecule has 52 valence electrons. The zero-order valence-electron chi connectivity index (χ0n) is 6.30. The van der Waals surface area contributed by atoms with Gasteiger partial charge in [0, 0.05) is 12.6 Å². The van der Waals surface area contributed by atoms with Crippen LogP contribution in [0.1, 0.15) is 26.7 Å². The van der Waals surface area contributed by atoms with Gasteiger partial charge in [0.15, 0.2) is 0 Å². The van der Waals surface area contributed by atoms with E-state index < -0.39 is 0 Å². The van der Waals surface area contributed by atoms with Crippen molar-refractivity contribution in [1.29, 1.82) is 0 Å². The summed E-state index contributed by atoms with van der Waals surface area (Å²) in [6.07, 6.45) is 7.04. The average molecular weight is 125 g/mol. The molecule has 1 heteroatoms. The molecule has 0 unspecified atom stereocenters. The molecule has 1 fully saturated rings. The maximum Gasteiger partial charge on any atom is 0.0256 e. The molecule has 0 spiro atoms. The van der Waals surface area contributed by atoms with Gasteiger partial charge in [0.25, 0.3) is 0 Å². The molecule has 1 atom stereocenters. The van der Waals surface area contributed by atoms with Gasteiger partial charge < -0.3 is 4.90 Å². The first-order valence-electron chi connectivity index (χ1n) is 3.73. The van der Waals surface area contributed by atoms with Gasteiger partial charge in [-0.3, -0.25) is 0 Å². The molecule has 0 aromatic carbocycles. The number of nitrogens with zero attached hydrogens (tertiary/aromatic N) is 1. The topological polar surface area (TPSA) is 3.24 Å². The fourth-order valence-corrected chi connectivity index (χ4v) is 1.37. The first kappa shape index (κ1) is 6.66. The second kappa shape index (κ2) is 2.90. The highest BCUT2D eigenvalue weighted by Gasteiger charge is 2.15. The molecule has 1 aliphatic rings. The summed E-state index contributed by atoms with van der Waals surface area (Å²) in [5.41, 5.74) is 0. The van der Waals surface area contributed by atoms with Gasteiger partial charge in [0.2, 0.25) is 0 Å². The van der Waals surface area contributed by atoms with E-state index in [1.54, 1.807) is 0 Å². The lowest BCUT2D eigenvalue weighted by molar-refractivity contribution is 0.372. The molecule has 9 heavy (non-hydrogen) atoms. The van der Waals surface area contributed by atoms with Crippen molar-refractivity contribution in [3.8, 4) is 0 Å². The van der Waals surface area contributed by atoms with Gasteiger partial charge in [-0.15, -0.1) is 0 Å². The SMILES string of the molecule is C/C=C/N1CCC[C@H]1C. The van der Waals surface area contributed by atoms with E-state index >= 15 is 0 Å². The van der Waals surface area contributed by atoms with E-state index in [1.807, 2.05) is 0 Å². The Labute approximate surface area is 57.4 Å². The van der Waals surface area contributed by atoms with Crippen molar-refractivity contribution in [3.05, 3.63) is 12.3 Å². The van der Waals surface area contributed by atoms with Gasteiger partial charge in [0.05, 0.1) is 0 Å². The van der Waals surface area contributed by atoms with Crippen molar-refractivity contribution < 1.29 is 0 Å². The highest BCUT2D eigenvalue weighted by atomic mass is 15.1. The maximum atomic E-state index is 2.40. The Hall–Kier alpha value is -0.460. The van der Waals surface area contributed by atoms with Gasteiger partial charge in [-0.2, -0.15) is 0 Å². The molecule has 1 rings (SSSR count). The minimum absolute atomic E-state index is 0.779. The van der Waals surface area contributed by atoms with E-state index in [-0.39, 0.29) is 0 Å². The smallest absolute Gasteiger partial charge is 0.0256 e. The van der Waals surface area contributed by atoms with Gasteiger partial charge >= 0.3 is 0 Å². The monoisotopic (exact) mass is 125 g/mol. The maximum absolute atomic E-state index is 2.40. The summed E-state index contributed by atoms with van der Waals surface area (Å²) in [4.78, 5) is 2.40. The van der Waals surface area contributed by atoms with E-state index in [9.17, 15) is 0 Å². The minimum Gasteiger partial charge on any atom is -0.375 e. The van der Waals surface area contributed by atoms with E-state index in [0.29, 0.717) is 0 Å². The van der Waals surface area contributed by atoms with Crippen LogP contribution in [0, 0.1) is 0 Å². The van der Waals surface area contributed by atoms with Gasteiger partial charge in [-0.1, -0.05) is 6.08 Å². The number of hydrogen-bond acceptors (Lipinski definition) is 1. The van der Waals surface area contributed by atoms with Crippen LogP contribution in [0.3, 0.4) is 0 Å². The number of allylic oxidation sites excluding steroid dienone is 1. The molecule has 0 radical (unpaired) electrons. The van der Waals surface area contributed by atoms with Crippen LogP contribution in [0.5, 0.6) is 0 Å². The van der Waals surface area contributed by atoms with Gasteiger partial charge in [-0.05, 0) is 32.9 Å². The Kier molecular flexibility index (Phi) is 2.15. The molecule has 0 aliphatic carbocycles. The third-order valence-corrected chi connectivity index (χ3v) is 1.94. The molecular weight excluding hydrogens is 110 g/mol. The number of rotatable bonds is 1. The summed E-state index contributed by atoms with van der Waals surface area (Å²) >= 11 is 0. The summed E-state index contributed by atoms with van der Waals surface area (Å²) in [5.74, 6) is 0. The molecule has 0 amide bonds. The molecule has 1 aliphatic heterocycles. The highest BCUT2D eigenvalue weighted by molar-refractivity contribution is 4.86. The fraction of sp³-hybridized carbons (Fsp3) is 0.750. The third kappa shape index (κ3) is 1.47. The summed E-state index contributed by atoms with van der Waals surface area (Å²) in [6, 6.07) is 0.779. The molecule has 0 aromatic rings. The number of hydrogen-bond donors (Lipinski definition) is 0. The second-order valence-corrected chi connectivity index (χ2v) is 2.71. The van der Waals surface area contributed by atoms with Gasteiger partial charge in [0.1, 0.15) is 0 Å². The average Bonchev–Trinajstić information content (AvgIpc) is 2.18. The van der Waals surface area contributed by atoms with Crippen molar-refractivity contribution in [1.82, 2.24) is 4.90 Å². The van der Waals surface area contributed by atoms with Crippen LogP contribution < -0.4 is 0 Å². The highest BCUT2D eigenvalue weighted by Crippen LogP contribution is 2.15. The van der Waals surface area contributed by atoms with Crippen LogP contribution in [0.15, 0.2) is 12.3 Å². The van der Waals surface area contributed by atoms with Crippen molar-refractivity contribution in [2.75, 3.05) is 6.54 Å². The molecule has 0 aromatic heterocycles. The van der Waals surface area contributed by atoms with Crippen LogP contribution in [0.2, 0.25) is 0 Å². The van der Waals surface area contributed by atoms with Crippen molar-refractivity contribution >= 4 is 0 Å².